The van der Waals surface area contributed by atoms with Gasteiger partial charge in [0.2, 0.25) is 5.69 Å². The Bertz CT molecular complexity index is 764. The number of rotatable bonds is 4. The first-order valence-electron chi connectivity index (χ1n) is 6.04. The lowest BCUT2D eigenvalue weighted by molar-refractivity contribution is -0.385. The van der Waals surface area contributed by atoms with Crippen LogP contribution in [0.1, 0.15) is 31.3 Å². The Kier molecular flexibility index (Phi) is 4.22. The number of aryl methyl sites for hydroxylation is 1. The fraction of sp³-hybridized carbons (Fsp3) is 0.250. The highest BCUT2D eigenvalue weighted by Gasteiger charge is 2.26. The van der Waals surface area contributed by atoms with E-state index >= 15 is 0 Å². The van der Waals surface area contributed by atoms with E-state index in [4.69, 9.17) is 4.74 Å². The van der Waals surface area contributed by atoms with Gasteiger partial charge in [0.1, 0.15) is 11.2 Å². The number of nitrogens with zero attached hydrogens (tertiary/aromatic N) is 2. The number of hydrogen-bond acceptors (Lipinski definition) is 7. The second-order valence-corrected chi connectivity index (χ2v) is 5.55. The van der Waals surface area contributed by atoms with Crippen LogP contribution in [0, 0.1) is 24.0 Å². The summed E-state index contributed by atoms with van der Waals surface area (Å²) in [5, 5.41) is 19.3. The summed E-state index contributed by atoms with van der Waals surface area (Å²) in [7, 11) is 1.24. The molecule has 2 N–H and O–H groups in total. The molecular weight excluding hydrogens is 312 g/mol. The van der Waals surface area contributed by atoms with Crippen LogP contribution in [0.2, 0.25) is 0 Å². The number of nitrogens with one attached hydrogen (secondary N) is 2. The van der Waals surface area contributed by atoms with E-state index < -0.39 is 22.5 Å². The van der Waals surface area contributed by atoms with Crippen LogP contribution in [0.25, 0.3) is 0 Å². The van der Waals surface area contributed by atoms with Crippen molar-refractivity contribution in [2.24, 2.45) is 0 Å². The van der Waals surface area contributed by atoms with Gasteiger partial charge in [0.15, 0.2) is 0 Å². The zero-order valence-corrected chi connectivity index (χ0v) is 12.7. The van der Waals surface area contributed by atoms with Gasteiger partial charge in [-0.25, -0.2) is 4.79 Å². The molecule has 0 radical (unpaired) electrons. The number of H-pyrrole nitrogens is 1. The highest BCUT2D eigenvalue weighted by atomic mass is 32.1. The zero-order chi connectivity index (χ0) is 16.4. The normalized spacial score (nSPS) is 10.3. The Morgan fingerprint density at radius 1 is 1.45 bits per heavy atom. The maximum absolute atomic E-state index is 12.2. The summed E-state index contributed by atoms with van der Waals surface area (Å²) in [5.74, 6) is -1.34. The number of thiophene rings is 1. The second-order valence-electron chi connectivity index (χ2n) is 4.32. The summed E-state index contributed by atoms with van der Waals surface area (Å²) in [5.41, 5.74) is 0.193. The standard InChI is InChI=1S/C12H12N4O5S/c1-5-6(2)22-11(8(5)12(18)21-3)14-10(17)9-7(16(19)20)4-13-15-9/h4H,1-3H3,(H,13,15)(H,14,17). The van der Waals surface area contributed by atoms with Gasteiger partial charge in [0.25, 0.3) is 5.91 Å². The Morgan fingerprint density at radius 2 is 2.14 bits per heavy atom. The summed E-state index contributed by atoms with van der Waals surface area (Å²) < 4.78 is 4.69. The summed E-state index contributed by atoms with van der Waals surface area (Å²) in [6.07, 6.45) is 0.945. The molecule has 0 aromatic carbocycles. The Balaban J connectivity index is 2.37. The maximum Gasteiger partial charge on any atom is 0.341 e. The summed E-state index contributed by atoms with van der Waals surface area (Å²) in [4.78, 5) is 34.9. The molecule has 0 aliphatic heterocycles. The van der Waals surface area contributed by atoms with Gasteiger partial charge >= 0.3 is 11.7 Å². The SMILES string of the molecule is COC(=O)c1c(NC(=O)c2[nH]ncc2[N+](=O)[O-])sc(C)c1C. The number of amides is 1. The largest absolute Gasteiger partial charge is 0.465 e. The smallest absolute Gasteiger partial charge is 0.341 e. The van der Waals surface area contributed by atoms with Gasteiger partial charge < -0.3 is 10.1 Å². The molecule has 9 nitrogen and oxygen atoms in total. The fourth-order valence-electron chi connectivity index (χ4n) is 1.81. The van der Waals surface area contributed by atoms with Gasteiger partial charge in [0.05, 0.1) is 17.6 Å². The second kappa shape index (κ2) is 5.93. The number of hydrogen-bond donors (Lipinski definition) is 2. The third-order valence-electron chi connectivity index (χ3n) is 3.04. The van der Waals surface area contributed by atoms with E-state index in [0.29, 0.717) is 5.56 Å². The lowest BCUT2D eigenvalue weighted by atomic mass is 10.1. The van der Waals surface area contributed by atoms with Crippen molar-refractivity contribution >= 4 is 33.9 Å². The molecule has 0 saturated carbocycles. The average Bonchev–Trinajstić information content (AvgIpc) is 3.05. The van der Waals surface area contributed by atoms with Crippen LogP contribution in [-0.2, 0) is 4.74 Å². The van der Waals surface area contributed by atoms with Gasteiger partial charge in [0, 0.05) is 4.88 Å². The lowest BCUT2D eigenvalue weighted by Crippen LogP contribution is -2.16. The fourth-order valence-corrected chi connectivity index (χ4v) is 2.86. The molecule has 0 atom stereocenters. The minimum Gasteiger partial charge on any atom is -0.465 e. The quantitative estimate of drug-likeness (QED) is 0.503. The number of carbonyl (C=O) groups excluding carboxylic acids is 2. The number of esters is 1. The minimum absolute atomic E-state index is 0.237. The lowest BCUT2D eigenvalue weighted by Gasteiger charge is -2.04. The third kappa shape index (κ3) is 2.68. The van der Waals surface area contributed by atoms with E-state index in [1.54, 1.807) is 13.8 Å². The van der Waals surface area contributed by atoms with Crippen molar-refractivity contribution in [1.29, 1.82) is 0 Å². The minimum atomic E-state index is -0.754. The maximum atomic E-state index is 12.2. The highest BCUT2D eigenvalue weighted by molar-refractivity contribution is 7.16. The van der Waals surface area contributed by atoms with Gasteiger partial charge in [-0.15, -0.1) is 11.3 Å². The molecule has 22 heavy (non-hydrogen) atoms. The number of methoxy groups -OCH3 is 1. The van der Waals surface area contributed by atoms with Crippen LogP contribution in [-0.4, -0.2) is 34.1 Å². The monoisotopic (exact) mass is 324 g/mol. The van der Waals surface area contributed by atoms with Crippen LogP contribution in [0.3, 0.4) is 0 Å². The molecule has 0 bridgehead atoms. The molecule has 0 spiro atoms. The van der Waals surface area contributed by atoms with E-state index in [9.17, 15) is 19.7 Å². The van der Waals surface area contributed by atoms with Crippen molar-refractivity contribution in [3.8, 4) is 0 Å². The summed E-state index contributed by atoms with van der Waals surface area (Å²) in [6, 6.07) is 0. The number of nitro groups is 1. The van der Waals surface area contributed by atoms with E-state index in [0.717, 1.165) is 11.1 Å². The van der Waals surface area contributed by atoms with E-state index in [1.807, 2.05) is 0 Å². The Labute approximate surface area is 128 Å². The van der Waals surface area contributed by atoms with E-state index in [1.165, 1.54) is 18.4 Å². The number of ether oxygens (including phenoxy) is 1. The number of aromatic amines is 1. The average molecular weight is 324 g/mol. The van der Waals surface area contributed by atoms with Gasteiger partial charge in [-0.3, -0.25) is 20.0 Å². The Hall–Kier alpha value is -2.75. The van der Waals surface area contributed by atoms with Crippen LogP contribution >= 0.6 is 11.3 Å². The van der Waals surface area contributed by atoms with E-state index in [2.05, 4.69) is 15.5 Å². The van der Waals surface area contributed by atoms with Crippen LogP contribution < -0.4 is 5.32 Å². The predicted octanol–water partition coefficient (Wildman–Crippen LogP) is 2.04. The number of aromatic nitrogens is 2. The van der Waals surface area contributed by atoms with Crippen molar-refractivity contribution < 1.29 is 19.2 Å². The van der Waals surface area contributed by atoms with Crippen LogP contribution in [0.5, 0.6) is 0 Å². The highest BCUT2D eigenvalue weighted by Crippen LogP contribution is 2.33. The summed E-state index contributed by atoms with van der Waals surface area (Å²) in [6.45, 7) is 3.52. The molecule has 10 heteroatoms. The molecule has 2 heterocycles. The third-order valence-corrected chi connectivity index (χ3v) is 4.17. The zero-order valence-electron chi connectivity index (χ0n) is 11.9. The molecule has 0 aliphatic rings. The molecule has 2 aromatic rings. The molecule has 116 valence electrons. The number of carbonyl (C=O) groups is 2. The van der Waals surface area contributed by atoms with Crippen molar-refractivity contribution in [3.05, 3.63) is 38.0 Å². The number of anilines is 1. The molecular formula is C12H12N4O5S. The molecule has 2 rings (SSSR count). The van der Waals surface area contributed by atoms with Gasteiger partial charge in [-0.2, -0.15) is 5.10 Å². The predicted molar refractivity (Wildman–Crippen MR) is 78.3 cm³/mol. The van der Waals surface area contributed by atoms with Crippen molar-refractivity contribution in [2.45, 2.75) is 13.8 Å². The van der Waals surface area contributed by atoms with Crippen LogP contribution in [0.15, 0.2) is 6.20 Å². The molecule has 0 fully saturated rings. The van der Waals surface area contributed by atoms with Crippen LogP contribution in [0.4, 0.5) is 10.7 Å². The van der Waals surface area contributed by atoms with Crippen molar-refractivity contribution in [3.63, 3.8) is 0 Å². The topological polar surface area (TPSA) is 127 Å². The molecule has 0 saturated heterocycles. The molecule has 0 aliphatic carbocycles. The molecule has 2 aromatic heterocycles. The van der Waals surface area contributed by atoms with Crippen molar-refractivity contribution in [1.82, 2.24) is 10.2 Å². The molecule has 0 unspecified atom stereocenters. The summed E-state index contributed by atoms with van der Waals surface area (Å²) >= 11 is 1.19. The molecule has 1 amide bonds. The first kappa shape index (κ1) is 15.6. The first-order valence-corrected chi connectivity index (χ1v) is 6.85. The van der Waals surface area contributed by atoms with E-state index in [-0.39, 0.29) is 16.3 Å². The van der Waals surface area contributed by atoms with Gasteiger partial charge in [-0.05, 0) is 19.4 Å². The first-order chi connectivity index (χ1) is 10.4. The van der Waals surface area contributed by atoms with Crippen molar-refractivity contribution in [2.75, 3.05) is 12.4 Å². The Morgan fingerprint density at radius 3 is 2.73 bits per heavy atom. The van der Waals surface area contributed by atoms with Gasteiger partial charge in [-0.1, -0.05) is 0 Å².